The Labute approximate surface area is 173 Å². The Balaban J connectivity index is 1.50. The van der Waals surface area contributed by atoms with E-state index in [9.17, 15) is 4.79 Å². The van der Waals surface area contributed by atoms with Crippen LogP contribution in [0, 0.1) is 6.92 Å². The summed E-state index contributed by atoms with van der Waals surface area (Å²) in [5.41, 5.74) is 4.52. The largest absolute Gasteiger partial charge is 0.324 e. The molecule has 2 aromatic rings. The topological polar surface area (TPSA) is 35.6 Å². The molecular weight excluding hydrogens is 370 g/mol. The van der Waals surface area contributed by atoms with Gasteiger partial charge in [0.05, 0.1) is 6.54 Å². The van der Waals surface area contributed by atoms with Gasteiger partial charge in [-0.15, -0.1) is 0 Å². The molecule has 28 heavy (non-hydrogen) atoms. The predicted octanol–water partition coefficient (Wildman–Crippen LogP) is 4.53. The minimum atomic E-state index is 0.0690. The Kier molecular flexibility index (Phi) is 7.11. The van der Waals surface area contributed by atoms with E-state index in [1.807, 2.05) is 18.2 Å². The van der Waals surface area contributed by atoms with Crippen molar-refractivity contribution in [3.05, 3.63) is 64.2 Å². The molecule has 150 valence electrons. The van der Waals surface area contributed by atoms with Gasteiger partial charge in [0, 0.05) is 43.4 Å². The van der Waals surface area contributed by atoms with E-state index in [4.69, 9.17) is 11.6 Å². The molecule has 0 unspecified atom stereocenters. The van der Waals surface area contributed by atoms with Crippen LogP contribution in [0.15, 0.2) is 42.5 Å². The molecule has 1 fully saturated rings. The first-order chi connectivity index (χ1) is 13.4. The van der Waals surface area contributed by atoms with Crippen LogP contribution >= 0.6 is 11.6 Å². The number of rotatable bonds is 6. The van der Waals surface area contributed by atoms with Gasteiger partial charge in [-0.3, -0.25) is 14.6 Å². The SMILES string of the molecule is Cc1cccc(C(C)C)c1NC(=O)CN1CCN(Cc2cccc(Cl)c2)CC1. The van der Waals surface area contributed by atoms with Crippen molar-refractivity contribution < 1.29 is 4.79 Å². The Hall–Kier alpha value is -1.88. The molecule has 2 aromatic carbocycles. The second-order valence-electron chi connectivity index (χ2n) is 7.92. The van der Waals surface area contributed by atoms with Crippen molar-refractivity contribution in [1.29, 1.82) is 0 Å². The summed E-state index contributed by atoms with van der Waals surface area (Å²) in [7, 11) is 0. The smallest absolute Gasteiger partial charge is 0.238 e. The number of amides is 1. The fourth-order valence-corrected chi connectivity index (χ4v) is 3.94. The fourth-order valence-electron chi connectivity index (χ4n) is 3.72. The van der Waals surface area contributed by atoms with E-state index in [0.29, 0.717) is 12.5 Å². The second kappa shape index (κ2) is 9.55. The van der Waals surface area contributed by atoms with E-state index >= 15 is 0 Å². The van der Waals surface area contributed by atoms with Gasteiger partial charge in [-0.25, -0.2) is 0 Å². The first-order valence-electron chi connectivity index (χ1n) is 10.0. The van der Waals surface area contributed by atoms with Gasteiger partial charge in [-0.2, -0.15) is 0 Å². The van der Waals surface area contributed by atoms with Crippen molar-refractivity contribution in [1.82, 2.24) is 9.80 Å². The number of nitrogens with one attached hydrogen (secondary N) is 1. The number of benzene rings is 2. The second-order valence-corrected chi connectivity index (χ2v) is 8.36. The van der Waals surface area contributed by atoms with Crippen molar-refractivity contribution in [3.8, 4) is 0 Å². The molecule has 0 saturated carbocycles. The van der Waals surface area contributed by atoms with Crippen LogP contribution in [0.5, 0.6) is 0 Å². The number of nitrogens with zero attached hydrogens (tertiary/aromatic N) is 2. The van der Waals surface area contributed by atoms with Crippen molar-refractivity contribution in [2.24, 2.45) is 0 Å². The van der Waals surface area contributed by atoms with Gasteiger partial charge >= 0.3 is 0 Å². The molecule has 4 nitrogen and oxygen atoms in total. The molecule has 1 N–H and O–H groups in total. The fraction of sp³-hybridized carbons (Fsp3) is 0.435. The summed E-state index contributed by atoms with van der Waals surface area (Å²) in [6, 6.07) is 14.2. The Morgan fingerprint density at radius 2 is 1.75 bits per heavy atom. The number of hydrogen-bond acceptors (Lipinski definition) is 3. The normalized spacial score (nSPS) is 15.8. The van der Waals surface area contributed by atoms with Crippen LogP contribution in [0.25, 0.3) is 0 Å². The maximum atomic E-state index is 12.6. The van der Waals surface area contributed by atoms with Crippen LogP contribution in [0.3, 0.4) is 0 Å². The lowest BCUT2D eigenvalue weighted by atomic mass is 9.98. The van der Waals surface area contributed by atoms with Crippen LogP contribution in [0.4, 0.5) is 5.69 Å². The standard InChI is InChI=1S/C23H30ClN3O/c1-17(2)21-9-4-6-18(3)23(21)25-22(28)16-27-12-10-26(11-13-27)15-19-7-5-8-20(24)14-19/h4-9,14,17H,10-13,15-16H2,1-3H3,(H,25,28). The van der Waals surface area contributed by atoms with Crippen molar-refractivity contribution in [2.75, 3.05) is 38.0 Å². The van der Waals surface area contributed by atoms with Crippen molar-refractivity contribution in [2.45, 2.75) is 33.2 Å². The number of carbonyl (C=O) groups is 1. The molecule has 0 radical (unpaired) electrons. The van der Waals surface area contributed by atoms with Gasteiger partial charge in [-0.05, 0) is 41.7 Å². The van der Waals surface area contributed by atoms with Crippen LogP contribution < -0.4 is 5.32 Å². The molecule has 1 saturated heterocycles. The quantitative estimate of drug-likeness (QED) is 0.775. The molecular formula is C23H30ClN3O. The van der Waals surface area contributed by atoms with E-state index in [1.54, 1.807) is 0 Å². The van der Waals surface area contributed by atoms with Crippen LogP contribution in [0.2, 0.25) is 5.02 Å². The summed E-state index contributed by atoms with van der Waals surface area (Å²) >= 11 is 6.08. The molecule has 1 aliphatic heterocycles. The molecule has 0 aliphatic carbocycles. The number of halogens is 1. The zero-order valence-electron chi connectivity index (χ0n) is 17.0. The van der Waals surface area contributed by atoms with Gasteiger partial charge in [0.15, 0.2) is 0 Å². The lowest BCUT2D eigenvalue weighted by Gasteiger charge is -2.34. The van der Waals surface area contributed by atoms with Crippen LogP contribution in [0.1, 0.15) is 36.5 Å². The van der Waals surface area contributed by atoms with E-state index in [-0.39, 0.29) is 5.91 Å². The van der Waals surface area contributed by atoms with Gasteiger partial charge in [0.2, 0.25) is 5.91 Å². The number of aryl methyl sites for hydroxylation is 1. The first kappa shape index (κ1) is 20.8. The summed E-state index contributed by atoms with van der Waals surface area (Å²) in [6.45, 7) is 11.4. The van der Waals surface area contributed by atoms with Crippen LogP contribution in [-0.2, 0) is 11.3 Å². The van der Waals surface area contributed by atoms with Gasteiger partial charge in [0.1, 0.15) is 0 Å². The van der Waals surface area contributed by atoms with Crippen LogP contribution in [-0.4, -0.2) is 48.4 Å². The average molecular weight is 400 g/mol. The molecule has 1 amide bonds. The summed E-state index contributed by atoms with van der Waals surface area (Å²) in [5, 5.41) is 3.94. The lowest BCUT2D eigenvalue weighted by Crippen LogP contribution is -2.48. The van der Waals surface area contributed by atoms with Crippen molar-refractivity contribution >= 4 is 23.2 Å². The summed E-state index contributed by atoms with van der Waals surface area (Å²) in [5.74, 6) is 0.449. The van der Waals surface area contributed by atoms with E-state index < -0.39 is 0 Å². The molecule has 3 rings (SSSR count). The highest BCUT2D eigenvalue weighted by Gasteiger charge is 2.20. The number of carbonyl (C=O) groups excluding carboxylic acids is 1. The number of piperazine rings is 1. The zero-order valence-corrected chi connectivity index (χ0v) is 17.8. The van der Waals surface area contributed by atoms with E-state index in [2.05, 4.69) is 60.2 Å². The average Bonchev–Trinajstić information content (AvgIpc) is 2.65. The molecule has 0 atom stereocenters. The Morgan fingerprint density at radius 1 is 1.07 bits per heavy atom. The molecule has 1 heterocycles. The number of para-hydroxylation sites is 1. The highest BCUT2D eigenvalue weighted by Crippen LogP contribution is 2.27. The summed E-state index contributed by atoms with van der Waals surface area (Å²) in [6.07, 6.45) is 0. The molecule has 0 spiro atoms. The lowest BCUT2D eigenvalue weighted by molar-refractivity contribution is -0.117. The van der Waals surface area contributed by atoms with E-state index in [1.165, 1.54) is 11.1 Å². The highest BCUT2D eigenvalue weighted by atomic mass is 35.5. The zero-order chi connectivity index (χ0) is 20.1. The minimum Gasteiger partial charge on any atom is -0.324 e. The maximum Gasteiger partial charge on any atom is 0.238 e. The maximum absolute atomic E-state index is 12.6. The molecule has 1 aliphatic rings. The molecule has 5 heteroatoms. The third-order valence-electron chi connectivity index (χ3n) is 5.32. The third-order valence-corrected chi connectivity index (χ3v) is 5.55. The first-order valence-corrected chi connectivity index (χ1v) is 10.4. The van der Waals surface area contributed by atoms with Gasteiger partial charge < -0.3 is 5.32 Å². The molecule has 0 bridgehead atoms. The summed E-state index contributed by atoms with van der Waals surface area (Å²) in [4.78, 5) is 17.3. The Morgan fingerprint density at radius 3 is 2.43 bits per heavy atom. The van der Waals surface area contributed by atoms with Crippen molar-refractivity contribution in [3.63, 3.8) is 0 Å². The van der Waals surface area contributed by atoms with E-state index in [0.717, 1.165) is 49.0 Å². The monoisotopic (exact) mass is 399 g/mol. The van der Waals surface area contributed by atoms with Gasteiger partial charge in [0.25, 0.3) is 0 Å². The number of anilines is 1. The Bertz CT molecular complexity index is 813. The summed E-state index contributed by atoms with van der Waals surface area (Å²) < 4.78 is 0. The van der Waals surface area contributed by atoms with Gasteiger partial charge in [-0.1, -0.05) is 55.8 Å². The third kappa shape index (κ3) is 5.57. The predicted molar refractivity (Wildman–Crippen MR) is 117 cm³/mol. The molecule has 0 aromatic heterocycles. The minimum absolute atomic E-state index is 0.0690. The highest BCUT2D eigenvalue weighted by molar-refractivity contribution is 6.30. The number of hydrogen-bond donors (Lipinski definition) is 1.